The molecule has 0 spiro atoms. The van der Waals surface area contributed by atoms with Crippen molar-refractivity contribution in [2.45, 2.75) is 25.4 Å². The summed E-state index contributed by atoms with van der Waals surface area (Å²) in [4.78, 5) is 19.5. The van der Waals surface area contributed by atoms with Crippen LogP contribution in [0.15, 0.2) is 41.5 Å². The van der Waals surface area contributed by atoms with Crippen LogP contribution < -0.4 is 16.2 Å². The van der Waals surface area contributed by atoms with Gasteiger partial charge in [-0.25, -0.2) is 4.98 Å². The fourth-order valence-electron chi connectivity index (χ4n) is 3.85. The summed E-state index contributed by atoms with van der Waals surface area (Å²) in [5, 5.41) is 9.88. The van der Waals surface area contributed by atoms with Gasteiger partial charge in [0.25, 0.3) is 5.56 Å². The molecule has 7 nitrogen and oxygen atoms in total. The molecule has 146 valence electrons. The second-order valence-electron chi connectivity index (χ2n) is 7.09. The van der Waals surface area contributed by atoms with E-state index in [9.17, 15) is 10.1 Å². The van der Waals surface area contributed by atoms with Gasteiger partial charge in [0.15, 0.2) is 0 Å². The molecule has 1 saturated heterocycles. The number of benzene rings is 1. The smallest absolute Gasteiger partial charge is 0.277 e. The van der Waals surface area contributed by atoms with Crippen LogP contribution in [0.25, 0.3) is 11.0 Å². The van der Waals surface area contributed by atoms with E-state index >= 15 is 0 Å². The summed E-state index contributed by atoms with van der Waals surface area (Å²) in [7, 11) is 1.68. The normalized spacial score (nSPS) is 16.6. The molecule has 1 atom stereocenters. The highest BCUT2D eigenvalue weighted by Crippen LogP contribution is 2.32. The van der Waals surface area contributed by atoms with Crippen LogP contribution in [0.2, 0.25) is 0 Å². The Balaban J connectivity index is 0.00000225. The number of rotatable bonds is 3. The van der Waals surface area contributed by atoms with Crippen LogP contribution in [0.4, 0.5) is 5.82 Å². The molecule has 28 heavy (non-hydrogen) atoms. The van der Waals surface area contributed by atoms with Gasteiger partial charge in [-0.3, -0.25) is 4.79 Å². The van der Waals surface area contributed by atoms with Gasteiger partial charge in [-0.2, -0.15) is 5.26 Å². The first-order chi connectivity index (χ1) is 13.1. The predicted octanol–water partition coefficient (Wildman–Crippen LogP) is 2.00. The Morgan fingerprint density at radius 2 is 2.07 bits per heavy atom. The maximum Gasteiger partial charge on any atom is 0.277 e. The van der Waals surface area contributed by atoms with E-state index in [1.54, 1.807) is 7.05 Å². The van der Waals surface area contributed by atoms with Crippen LogP contribution in [0.3, 0.4) is 0 Å². The Morgan fingerprint density at radius 3 is 2.75 bits per heavy atom. The topological polar surface area (TPSA) is 92.9 Å². The summed E-state index contributed by atoms with van der Waals surface area (Å²) in [5.74, 6) is 0.752. The van der Waals surface area contributed by atoms with Gasteiger partial charge in [-0.1, -0.05) is 30.3 Å². The van der Waals surface area contributed by atoms with Crippen molar-refractivity contribution in [3.63, 3.8) is 0 Å². The zero-order valence-corrected chi connectivity index (χ0v) is 16.5. The first-order valence-electron chi connectivity index (χ1n) is 9.12. The molecule has 4 rings (SSSR count). The van der Waals surface area contributed by atoms with Gasteiger partial charge in [0.2, 0.25) is 0 Å². The monoisotopic (exact) mass is 398 g/mol. The van der Waals surface area contributed by atoms with Gasteiger partial charge in [0, 0.05) is 32.7 Å². The van der Waals surface area contributed by atoms with Gasteiger partial charge in [0.1, 0.15) is 28.5 Å². The first-order valence-corrected chi connectivity index (χ1v) is 9.12. The third-order valence-corrected chi connectivity index (χ3v) is 5.15. The van der Waals surface area contributed by atoms with Crippen molar-refractivity contribution < 1.29 is 0 Å². The number of hydrogen-bond acceptors (Lipinski definition) is 5. The predicted molar refractivity (Wildman–Crippen MR) is 112 cm³/mol. The number of anilines is 1. The fraction of sp³-hybridized carbons (Fsp3) is 0.350. The fourth-order valence-corrected chi connectivity index (χ4v) is 3.85. The largest absolute Gasteiger partial charge is 0.355 e. The summed E-state index contributed by atoms with van der Waals surface area (Å²) < 4.78 is 3.40. The van der Waals surface area contributed by atoms with Gasteiger partial charge in [-0.15, -0.1) is 12.4 Å². The molecule has 0 bridgehead atoms. The number of aryl methyl sites for hydroxylation is 1. The maximum absolute atomic E-state index is 12.9. The zero-order chi connectivity index (χ0) is 19.0. The van der Waals surface area contributed by atoms with Gasteiger partial charge in [0.05, 0.1) is 6.33 Å². The van der Waals surface area contributed by atoms with E-state index in [2.05, 4.69) is 16.0 Å². The van der Waals surface area contributed by atoms with Crippen molar-refractivity contribution in [3.05, 3.63) is 58.1 Å². The number of nitrogens with zero attached hydrogens (tertiary/aromatic N) is 5. The highest BCUT2D eigenvalue weighted by molar-refractivity contribution is 5.89. The quantitative estimate of drug-likeness (QED) is 0.728. The number of piperidine rings is 1. The number of hydrogen-bond donors (Lipinski definition) is 1. The maximum atomic E-state index is 12.9. The lowest BCUT2D eigenvalue weighted by molar-refractivity contribution is 0.498. The summed E-state index contributed by atoms with van der Waals surface area (Å²) in [6.07, 6.45) is 3.41. The van der Waals surface area contributed by atoms with Crippen LogP contribution >= 0.6 is 12.4 Å². The summed E-state index contributed by atoms with van der Waals surface area (Å²) in [6, 6.07) is 12.3. The van der Waals surface area contributed by atoms with Gasteiger partial charge in [-0.05, 0) is 18.4 Å². The van der Waals surface area contributed by atoms with Crippen molar-refractivity contribution in [1.82, 2.24) is 14.1 Å². The Morgan fingerprint density at radius 1 is 1.32 bits per heavy atom. The van der Waals surface area contributed by atoms with Crippen LogP contribution in [0.1, 0.15) is 24.0 Å². The van der Waals surface area contributed by atoms with Gasteiger partial charge >= 0.3 is 0 Å². The van der Waals surface area contributed by atoms with Crippen LogP contribution in [-0.4, -0.2) is 33.2 Å². The molecule has 0 radical (unpaired) electrons. The average Bonchev–Trinajstić information content (AvgIpc) is 2.99. The highest BCUT2D eigenvalue weighted by Gasteiger charge is 2.28. The van der Waals surface area contributed by atoms with E-state index in [4.69, 9.17) is 5.73 Å². The van der Waals surface area contributed by atoms with Crippen molar-refractivity contribution in [2.75, 3.05) is 18.0 Å². The molecule has 0 amide bonds. The molecular formula is C20H23ClN6O. The number of halogens is 1. The SMILES string of the molecule is Cl.Cn1cnc2c(C#N)c(N3CCCC(N)C3)n(Cc3ccccc3)c2c1=O. The molecule has 1 aliphatic rings. The Labute approximate surface area is 169 Å². The molecule has 1 aliphatic heterocycles. The molecule has 3 heterocycles. The average molecular weight is 399 g/mol. The second-order valence-corrected chi connectivity index (χ2v) is 7.09. The van der Waals surface area contributed by atoms with Crippen LogP contribution in [0.5, 0.6) is 0 Å². The molecule has 3 aromatic rings. The van der Waals surface area contributed by atoms with E-state index in [1.165, 1.54) is 10.9 Å². The van der Waals surface area contributed by atoms with Crippen LogP contribution in [0, 0.1) is 11.3 Å². The summed E-state index contributed by atoms with van der Waals surface area (Å²) in [6.45, 7) is 1.98. The third-order valence-electron chi connectivity index (χ3n) is 5.15. The molecule has 2 aromatic heterocycles. The Kier molecular flexibility index (Phi) is 5.73. The van der Waals surface area contributed by atoms with E-state index in [0.717, 1.165) is 30.8 Å². The summed E-state index contributed by atoms with van der Waals surface area (Å²) in [5.41, 5.74) is 8.48. The molecule has 1 fully saturated rings. The van der Waals surface area contributed by atoms with E-state index in [0.29, 0.717) is 29.7 Å². The zero-order valence-electron chi connectivity index (χ0n) is 15.7. The molecule has 1 unspecified atom stereocenters. The molecular weight excluding hydrogens is 376 g/mol. The highest BCUT2D eigenvalue weighted by atomic mass is 35.5. The van der Waals surface area contributed by atoms with Crippen molar-refractivity contribution >= 4 is 29.3 Å². The van der Waals surface area contributed by atoms with Crippen molar-refractivity contribution in [3.8, 4) is 6.07 Å². The Bertz CT molecular complexity index is 1080. The Hall–Kier alpha value is -2.82. The van der Waals surface area contributed by atoms with Crippen LogP contribution in [-0.2, 0) is 13.6 Å². The lowest BCUT2D eigenvalue weighted by Crippen LogP contribution is -2.44. The molecule has 0 saturated carbocycles. The minimum absolute atomic E-state index is 0. The second kappa shape index (κ2) is 8.05. The number of fused-ring (bicyclic) bond motifs is 1. The minimum atomic E-state index is -0.153. The molecule has 8 heteroatoms. The first kappa shape index (κ1) is 19.9. The summed E-state index contributed by atoms with van der Waals surface area (Å²) >= 11 is 0. The minimum Gasteiger partial charge on any atom is -0.355 e. The number of nitriles is 1. The standard InChI is InChI=1S/C20H22N6O.ClH/c1-24-13-23-17-16(10-21)19(25-9-5-8-15(22)12-25)26(18(17)20(24)27)11-14-6-3-2-4-7-14;/h2-4,6-7,13,15H,5,8-9,11-12,22H2,1H3;1H. The van der Waals surface area contributed by atoms with Crippen molar-refractivity contribution in [2.24, 2.45) is 12.8 Å². The molecule has 1 aromatic carbocycles. The van der Waals surface area contributed by atoms with E-state index < -0.39 is 0 Å². The lowest BCUT2D eigenvalue weighted by Gasteiger charge is -2.33. The molecule has 2 N–H and O–H groups in total. The number of aromatic nitrogens is 3. The van der Waals surface area contributed by atoms with E-state index in [-0.39, 0.29) is 24.0 Å². The van der Waals surface area contributed by atoms with Crippen molar-refractivity contribution in [1.29, 1.82) is 5.26 Å². The molecule has 0 aliphatic carbocycles. The van der Waals surface area contributed by atoms with E-state index in [1.807, 2.05) is 34.9 Å². The number of nitrogens with two attached hydrogens (primary N) is 1. The lowest BCUT2D eigenvalue weighted by atomic mass is 10.1. The third kappa shape index (κ3) is 3.37. The van der Waals surface area contributed by atoms with Gasteiger partial charge < -0.3 is 19.8 Å².